The van der Waals surface area contributed by atoms with E-state index >= 15 is 0 Å². The van der Waals surface area contributed by atoms with Crippen molar-refractivity contribution in [1.82, 2.24) is 0 Å². The van der Waals surface area contributed by atoms with Gasteiger partial charge in [0.25, 0.3) is 0 Å². The Kier molecular flexibility index (Phi) is 5.46. The van der Waals surface area contributed by atoms with Gasteiger partial charge in [0, 0.05) is 18.6 Å². The molecule has 0 spiro atoms. The summed E-state index contributed by atoms with van der Waals surface area (Å²) >= 11 is 0. The van der Waals surface area contributed by atoms with Crippen LogP contribution in [0.3, 0.4) is 0 Å². The predicted octanol–water partition coefficient (Wildman–Crippen LogP) is 2.35. The van der Waals surface area contributed by atoms with Crippen molar-refractivity contribution < 1.29 is 23.6 Å². The van der Waals surface area contributed by atoms with E-state index in [0.717, 1.165) is 5.69 Å². The third-order valence-corrected chi connectivity index (χ3v) is 3.49. The first-order chi connectivity index (χ1) is 11.0. The number of rotatable bonds is 6. The molecule has 1 aromatic heterocycles. The molecule has 0 saturated carbocycles. The number of benzene rings is 1. The van der Waals surface area contributed by atoms with Gasteiger partial charge in [0.05, 0.1) is 13.7 Å². The van der Waals surface area contributed by atoms with Gasteiger partial charge < -0.3 is 9.47 Å². The monoisotopic (exact) mass is 314 g/mol. The van der Waals surface area contributed by atoms with Gasteiger partial charge in [0.1, 0.15) is 11.3 Å². The molecule has 2 aromatic rings. The third kappa shape index (κ3) is 4.16. The molecule has 1 heterocycles. The number of hydrogen-bond acceptors (Lipinski definition) is 4. The molecule has 0 aliphatic carbocycles. The lowest BCUT2D eigenvalue weighted by atomic mass is 10.1. The number of methoxy groups -OCH3 is 1. The van der Waals surface area contributed by atoms with Crippen LogP contribution in [0.4, 0.5) is 0 Å². The molecule has 1 aromatic carbocycles. The van der Waals surface area contributed by atoms with Crippen LogP contribution in [0.1, 0.15) is 33.3 Å². The van der Waals surface area contributed by atoms with Crippen molar-refractivity contribution in [2.45, 2.75) is 20.4 Å². The molecule has 5 heteroatoms. The number of hydrogen-bond donors (Lipinski definition) is 0. The minimum absolute atomic E-state index is 0.0400. The number of Topliss-reactive ketones (excluding diaryl/α,β-unsaturated/α-hetero) is 1. The van der Waals surface area contributed by atoms with E-state index in [9.17, 15) is 9.59 Å². The number of nitrogens with zero attached hydrogens (tertiary/aromatic N) is 1. The van der Waals surface area contributed by atoms with Gasteiger partial charge in [-0.3, -0.25) is 4.79 Å². The zero-order valence-electron chi connectivity index (χ0n) is 13.5. The highest BCUT2D eigenvalue weighted by atomic mass is 16.5. The lowest BCUT2D eigenvalue weighted by Gasteiger charge is -2.05. The van der Waals surface area contributed by atoms with E-state index < -0.39 is 5.97 Å². The molecule has 5 nitrogen and oxygen atoms in total. The largest absolute Gasteiger partial charge is 0.497 e. The van der Waals surface area contributed by atoms with Gasteiger partial charge in [-0.25, -0.2) is 4.79 Å². The Labute approximate surface area is 135 Å². The third-order valence-electron chi connectivity index (χ3n) is 3.49. The Morgan fingerprint density at radius 3 is 2.30 bits per heavy atom. The second-order valence-electron chi connectivity index (χ2n) is 5.06. The summed E-state index contributed by atoms with van der Waals surface area (Å²) in [6.07, 6.45) is 1.65. The van der Waals surface area contributed by atoms with Crippen molar-refractivity contribution >= 4 is 11.8 Å². The standard InChI is InChI=1S/C18H20NO4/c1-4-23-18(21)15-6-5-13(2)19(11-15)12-17(20)14-7-9-16(22-3)10-8-14/h5-11H,4,12H2,1-3H3/q+1. The second kappa shape index (κ2) is 7.54. The Morgan fingerprint density at radius 2 is 1.70 bits per heavy atom. The fourth-order valence-corrected chi connectivity index (χ4v) is 2.15. The highest BCUT2D eigenvalue weighted by Gasteiger charge is 2.18. The lowest BCUT2D eigenvalue weighted by molar-refractivity contribution is -0.689. The van der Waals surface area contributed by atoms with E-state index in [-0.39, 0.29) is 12.3 Å². The Hall–Kier alpha value is -2.69. The molecule has 0 bridgehead atoms. The summed E-state index contributed by atoms with van der Waals surface area (Å²) in [5.41, 5.74) is 1.92. The molecule has 0 amide bonds. The van der Waals surface area contributed by atoms with Gasteiger partial charge in [0.15, 0.2) is 11.9 Å². The fourth-order valence-electron chi connectivity index (χ4n) is 2.15. The summed E-state index contributed by atoms with van der Waals surface area (Å²) in [6, 6.07) is 10.5. The van der Waals surface area contributed by atoms with Crippen LogP contribution in [0.25, 0.3) is 0 Å². The fraction of sp³-hybridized carbons (Fsp3) is 0.278. The van der Waals surface area contributed by atoms with Crippen LogP contribution in [-0.4, -0.2) is 25.5 Å². The second-order valence-corrected chi connectivity index (χ2v) is 5.06. The number of aromatic nitrogens is 1. The topological polar surface area (TPSA) is 56.5 Å². The van der Waals surface area contributed by atoms with Gasteiger partial charge in [-0.2, -0.15) is 4.57 Å². The maximum Gasteiger partial charge on any atom is 0.344 e. The van der Waals surface area contributed by atoms with Crippen LogP contribution in [0.5, 0.6) is 5.75 Å². The average molecular weight is 314 g/mol. The van der Waals surface area contributed by atoms with Crippen LogP contribution in [0, 0.1) is 6.92 Å². The van der Waals surface area contributed by atoms with Crippen molar-refractivity contribution in [3.05, 3.63) is 59.4 Å². The normalized spacial score (nSPS) is 10.2. The predicted molar refractivity (Wildman–Crippen MR) is 84.7 cm³/mol. The van der Waals surface area contributed by atoms with Crippen molar-refractivity contribution in [3.63, 3.8) is 0 Å². The Balaban J connectivity index is 2.19. The smallest absolute Gasteiger partial charge is 0.344 e. The number of pyridine rings is 1. The van der Waals surface area contributed by atoms with Crippen LogP contribution in [-0.2, 0) is 11.3 Å². The van der Waals surface area contributed by atoms with E-state index in [1.165, 1.54) is 0 Å². The number of ether oxygens (including phenoxy) is 2. The SMILES string of the molecule is CCOC(=O)c1ccc(C)[n+](CC(=O)c2ccc(OC)cc2)c1. The Bertz CT molecular complexity index is 707. The van der Waals surface area contributed by atoms with Gasteiger partial charge in [0.2, 0.25) is 12.3 Å². The molecule has 0 aliphatic heterocycles. The van der Waals surface area contributed by atoms with E-state index in [1.807, 2.05) is 6.92 Å². The molecule has 0 radical (unpaired) electrons. The number of esters is 1. The highest BCUT2D eigenvalue weighted by molar-refractivity contribution is 5.95. The van der Waals surface area contributed by atoms with Gasteiger partial charge in [-0.15, -0.1) is 0 Å². The van der Waals surface area contributed by atoms with E-state index in [1.54, 1.807) is 61.2 Å². The molecule has 0 N–H and O–H groups in total. The first-order valence-corrected chi connectivity index (χ1v) is 7.39. The number of carbonyl (C=O) groups is 2. The maximum atomic E-state index is 12.4. The summed E-state index contributed by atoms with van der Waals surface area (Å²) in [7, 11) is 1.58. The summed E-state index contributed by atoms with van der Waals surface area (Å²) < 4.78 is 11.8. The molecule has 0 fully saturated rings. The minimum Gasteiger partial charge on any atom is -0.497 e. The molecule has 0 saturated heterocycles. The molecule has 23 heavy (non-hydrogen) atoms. The lowest BCUT2D eigenvalue weighted by Crippen LogP contribution is -2.41. The van der Waals surface area contributed by atoms with Crippen LogP contribution in [0.2, 0.25) is 0 Å². The van der Waals surface area contributed by atoms with Gasteiger partial charge >= 0.3 is 5.97 Å². The van der Waals surface area contributed by atoms with E-state index in [4.69, 9.17) is 9.47 Å². The van der Waals surface area contributed by atoms with Gasteiger partial charge in [-0.05, 0) is 37.3 Å². The zero-order valence-corrected chi connectivity index (χ0v) is 13.5. The number of ketones is 1. The van der Waals surface area contributed by atoms with Crippen molar-refractivity contribution in [2.24, 2.45) is 0 Å². The summed E-state index contributed by atoms with van der Waals surface area (Å²) in [4.78, 5) is 24.2. The molecular formula is C18H20NO4+. The summed E-state index contributed by atoms with van der Waals surface area (Å²) in [5, 5.41) is 0. The quantitative estimate of drug-likeness (QED) is 0.466. The van der Waals surface area contributed by atoms with E-state index in [0.29, 0.717) is 23.5 Å². The first kappa shape index (κ1) is 16.7. The van der Waals surface area contributed by atoms with Crippen molar-refractivity contribution in [1.29, 1.82) is 0 Å². The molecule has 0 unspecified atom stereocenters. The molecular weight excluding hydrogens is 294 g/mol. The molecule has 0 aliphatic rings. The Morgan fingerprint density at radius 1 is 1.04 bits per heavy atom. The van der Waals surface area contributed by atoms with Crippen LogP contribution in [0.15, 0.2) is 42.6 Å². The average Bonchev–Trinajstić information content (AvgIpc) is 2.57. The molecule has 120 valence electrons. The highest BCUT2D eigenvalue weighted by Crippen LogP contribution is 2.12. The van der Waals surface area contributed by atoms with Crippen LogP contribution < -0.4 is 9.30 Å². The summed E-state index contributed by atoms with van der Waals surface area (Å²) in [5.74, 6) is 0.273. The molecule has 2 rings (SSSR count). The number of carbonyl (C=O) groups excluding carboxylic acids is 2. The molecule has 0 atom stereocenters. The first-order valence-electron chi connectivity index (χ1n) is 7.39. The van der Waals surface area contributed by atoms with Crippen molar-refractivity contribution in [3.8, 4) is 5.75 Å². The minimum atomic E-state index is -0.391. The number of aryl methyl sites for hydroxylation is 1. The summed E-state index contributed by atoms with van der Waals surface area (Å²) in [6.45, 7) is 4.12. The van der Waals surface area contributed by atoms with Crippen molar-refractivity contribution in [2.75, 3.05) is 13.7 Å². The van der Waals surface area contributed by atoms with E-state index in [2.05, 4.69) is 0 Å². The van der Waals surface area contributed by atoms with Crippen LogP contribution >= 0.6 is 0 Å². The van der Waals surface area contributed by atoms with Gasteiger partial charge in [-0.1, -0.05) is 0 Å². The maximum absolute atomic E-state index is 12.4. The zero-order chi connectivity index (χ0) is 16.8.